The average Bonchev–Trinajstić information content (AvgIpc) is 2.93. The molecule has 2 heterocycles. The molecule has 3 rings (SSSR count). The summed E-state index contributed by atoms with van der Waals surface area (Å²) in [6.45, 7) is 3.26. The van der Waals surface area contributed by atoms with Crippen LogP contribution in [0.5, 0.6) is 0 Å². The monoisotopic (exact) mass is 310 g/mol. The third-order valence-corrected chi connectivity index (χ3v) is 4.65. The van der Waals surface area contributed by atoms with Gasteiger partial charge in [0, 0.05) is 38.4 Å². The minimum atomic E-state index is -1.05. The van der Waals surface area contributed by atoms with Crippen molar-refractivity contribution in [1.82, 2.24) is 4.90 Å². The summed E-state index contributed by atoms with van der Waals surface area (Å²) < 4.78 is 13.3. The molecule has 0 saturated carbocycles. The second-order valence-corrected chi connectivity index (χ2v) is 6.42. The molecule has 0 aromatic heterocycles. The summed E-state index contributed by atoms with van der Waals surface area (Å²) in [6, 6.07) is 6.62. The Morgan fingerprint density at radius 3 is 2.50 bits per heavy atom. The van der Waals surface area contributed by atoms with E-state index in [4.69, 9.17) is 0 Å². The van der Waals surface area contributed by atoms with E-state index in [1.807, 2.05) is 11.0 Å². The fourth-order valence-electron chi connectivity index (χ4n) is 3.48. The number of nitrogens with zero attached hydrogens (tertiary/aromatic N) is 2. The van der Waals surface area contributed by atoms with Crippen LogP contribution in [0.15, 0.2) is 24.3 Å². The van der Waals surface area contributed by atoms with Gasteiger partial charge in [0.25, 0.3) is 0 Å². The van der Waals surface area contributed by atoms with E-state index in [0.717, 1.165) is 31.7 Å². The quantitative estimate of drug-likeness (QED) is 0.736. The van der Waals surface area contributed by atoms with Gasteiger partial charge in [-0.05, 0) is 30.5 Å². The van der Waals surface area contributed by atoms with Crippen molar-refractivity contribution in [3.05, 3.63) is 30.1 Å². The normalized spacial score (nSPS) is 33.4. The number of likely N-dealkylation sites (tertiary alicyclic amines) is 1. The lowest BCUT2D eigenvalue weighted by atomic mass is 10.00. The SMILES string of the molecule is O[C@H]1[C@H](O)CN(C[C@H]2CCN(c3cccc(F)c3)C2)C[C@@H]1O. The Hall–Kier alpha value is -1.21. The van der Waals surface area contributed by atoms with E-state index >= 15 is 0 Å². The lowest BCUT2D eigenvalue weighted by molar-refractivity contribution is -0.111. The zero-order valence-electron chi connectivity index (χ0n) is 12.5. The molecule has 0 radical (unpaired) electrons. The van der Waals surface area contributed by atoms with Gasteiger partial charge in [0.2, 0.25) is 0 Å². The van der Waals surface area contributed by atoms with Gasteiger partial charge in [-0.1, -0.05) is 6.07 Å². The summed E-state index contributed by atoms with van der Waals surface area (Å²) in [5.41, 5.74) is 0.900. The van der Waals surface area contributed by atoms with Gasteiger partial charge in [0.15, 0.2) is 0 Å². The molecule has 5 nitrogen and oxygen atoms in total. The van der Waals surface area contributed by atoms with Crippen molar-refractivity contribution in [1.29, 1.82) is 0 Å². The molecule has 2 aliphatic heterocycles. The predicted molar refractivity (Wildman–Crippen MR) is 81.2 cm³/mol. The number of halogens is 1. The first kappa shape index (κ1) is 15.7. The maximum absolute atomic E-state index is 13.3. The van der Waals surface area contributed by atoms with Gasteiger partial charge in [0.05, 0.1) is 12.2 Å². The molecule has 6 heteroatoms. The summed E-state index contributed by atoms with van der Waals surface area (Å²) in [5, 5.41) is 29.1. The van der Waals surface area contributed by atoms with Gasteiger partial charge in [-0.15, -0.1) is 0 Å². The number of piperidine rings is 1. The Labute approximate surface area is 129 Å². The van der Waals surface area contributed by atoms with E-state index in [0.29, 0.717) is 19.0 Å². The van der Waals surface area contributed by atoms with Crippen LogP contribution in [0.25, 0.3) is 0 Å². The van der Waals surface area contributed by atoms with Crippen molar-refractivity contribution < 1.29 is 19.7 Å². The Morgan fingerprint density at radius 1 is 1.09 bits per heavy atom. The molecule has 2 aliphatic rings. The molecule has 0 aliphatic carbocycles. The fraction of sp³-hybridized carbons (Fsp3) is 0.625. The topological polar surface area (TPSA) is 67.2 Å². The molecule has 1 aromatic carbocycles. The van der Waals surface area contributed by atoms with Gasteiger partial charge in [0.1, 0.15) is 11.9 Å². The maximum Gasteiger partial charge on any atom is 0.125 e. The highest BCUT2D eigenvalue weighted by Crippen LogP contribution is 2.25. The molecule has 2 saturated heterocycles. The first-order valence-electron chi connectivity index (χ1n) is 7.80. The van der Waals surface area contributed by atoms with Crippen molar-refractivity contribution in [2.75, 3.05) is 37.6 Å². The molecule has 1 aromatic rings. The van der Waals surface area contributed by atoms with Crippen molar-refractivity contribution in [3.8, 4) is 0 Å². The van der Waals surface area contributed by atoms with Gasteiger partial charge in [-0.2, -0.15) is 0 Å². The van der Waals surface area contributed by atoms with Crippen LogP contribution in [0, 0.1) is 11.7 Å². The zero-order valence-corrected chi connectivity index (χ0v) is 12.5. The largest absolute Gasteiger partial charge is 0.389 e. The van der Waals surface area contributed by atoms with Crippen LogP contribution in [0.2, 0.25) is 0 Å². The minimum absolute atomic E-state index is 0.225. The van der Waals surface area contributed by atoms with E-state index in [1.54, 1.807) is 12.1 Å². The highest BCUT2D eigenvalue weighted by Gasteiger charge is 2.35. The Morgan fingerprint density at radius 2 is 1.82 bits per heavy atom. The second kappa shape index (κ2) is 6.50. The second-order valence-electron chi connectivity index (χ2n) is 6.42. The van der Waals surface area contributed by atoms with E-state index in [1.165, 1.54) is 6.07 Å². The molecule has 0 unspecified atom stereocenters. The molecule has 0 amide bonds. The van der Waals surface area contributed by atoms with Crippen LogP contribution in [-0.2, 0) is 0 Å². The van der Waals surface area contributed by atoms with E-state index < -0.39 is 18.3 Å². The number of aliphatic hydroxyl groups excluding tert-OH is 3. The average molecular weight is 310 g/mol. The fourth-order valence-corrected chi connectivity index (χ4v) is 3.48. The third kappa shape index (κ3) is 3.41. The smallest absolute Gasteiger partial charge is 0.125 e. The third-order valence-electron chi connectivity index (χ3n) is 4.65. The van der Waals surface area contributed by atoms with Gasteiger partial charge in [-0.3, -0.25) is 4.90 Å². The zero-order chi connectivity index (χ0) is 15.7. The molecule has 2 fully saturated rings. The number of β-amino-alcohol motifs (C(OH)–C–C–N with tert-alkyl or cyclic N) is 2. The molecule has 4 atom stereocenters. The number of hydrogen-bond donors (Lipinski definition) is 3. The Bertz CT molecular complexity index is 504. The molecule has 0 bridgehead atoms. The van der Waals surface area contributed by atoms with Crippen molar-refractivity contribution in [3.63, 3.8) is 0 Å². The van der Waals surface area contributed by atoms with E-state index in [9.17, 15) is 19.7 Å². The highest BCUT2D eigenvalue weighted by molar-refractivity contribution is 5.47. The number of benzene rings is 1. The van der Waals surface area contributed by atoms with Crippen molar-refractivity contribution in [2.45, 2.75) is 24.7 Å². The number of rotatable bonds is 3. The summed E-state index contributed by atoms with van der Waals surface area (Å²) >= 11 is 0. The number of aliphatic hydroxyl groups is 3. The first-order chi connectivity index (χ1) is 10.5. The van der Waals surface area contributed by atoms with Gasteiger partial charge in [-0.25, -0.2) is 4.39 Å². The summed E-state index contributed by atoms with van der Waals surface area (Å²) in [4.78, 5) is 4.17. The number of anilines is 1. The van der Waals surface area contributed by atoms with E-state index in [2.05, 4.69) is 4.90 Å². The van der Waals surface area contributed by atoms with E-state index in [-0.39, 0.29) is 5.82 Å². The van der Waals surface area contributed by atoms with Crippen LogP contribution >= 0.6 is 0 Å². The Kier molecular flexibility index (Phi) is 4.63. The first-order valence-corrected chi connectivity index (χ1v) is 7.80. The minimum Gasteiger partial charge on any atom is -0.389 e. The van der Waals surface area contributed by atoms with Crippen LogP contribution in [0.3, 0.4) is 0 Å². The summed E-state index contributed by atoms with van der Waals surface area (Å²) in [7, 11) is 0. The summed E-state index contributed by atoms with van der Waals surface area (Å²) in [5.74, 6) is 0.190. The van der Waals surface area contributed by atoms with Gasteiger partial charge >= 0.3 is 0 Å². The van der Waals surface area contributed by atoms with Crippen LogP contribution in [-0.4, -0.2) is 71.3 Å². The summed E-state index contributed by atoms with van der Waals surface area (Å²) in [6.07, 6.45) is -1.85. The molecule has 3 N–H and O–H groups in total. The van der Waals surface area contributed by atoms with Crippen LogP contribution in [0.1, 0.15) is 6.42 Å². The van der Waals surface area contributed by atoms with Gasteiger partial charge < -0.3 is 20.2 Å². The molecular weight excluding hydrogens is 287 g/mol. The molecule has 122 valence electrons. The van der Waals surface area contributed by atoms with Crippen LogP contribution in [0.4, 0.5) is 10.1 Å². The highest BCUT2D eigenvalue weighted by atomic mass is 19.1. The predicted octanol–water partition coefficient (Wildman–Crippen LogP) is 0.0503. The van der Waals surface area contributed by atoms with Crippen molar-refractivity contribution >= 4 is 5.69 Å². The number of hydrogen-bond acceptors (Lipinski definition) is 5. The Balaban J connectivity index is 1.55. The lowest BCUT2D eigenvalue weighted by Crippen LogP contribution is -2.56. The molecular formula is C16H23FN2O3. The molecule has 22 heavy (non-hydrogen) atoms. The van der Waals surface area contributed by atoms with Crippen LogP contribution < -0.4 is 4.90 Å². The lowest BCUT2D eigenvalue weighted by Gasteiger charge is -2.38. The maximum atomic E-state index is 13.3. The molecule has 0 spiro atoms. The van der Waals surface area contributed by atoms with Crippen molar-refractivity contribution in [2.24, 2.45) is 5.92 Å². The standard InChI is InChI=1S/C16H23FN2O3/c17-12-2-1-3-13(6-12)19-5-4-11(8-19)7-18-9-14(20)16(22)15(21)10-18/h1-3,6,11,14-16,20-22H,4-5,7-10H2/t11-,14-,15+,16+/m1/s1.